The zero-order valence-electron chi connectivity index (χ0n) is 46.5. The number of aromatic nitrogens is 1. The lowest BCUT2D eigenvalue weighted by Gasteiger charge is -2.40. The van der Waals surface area contributed by atoms with Gasteiger partial charge in [-0.3, -0.25) is 28.5 Å². The van der Waals surface area contributed by atoms with Gasteiger partial charge in [-0.2, -0.15) is 0 Å². The maximum Gasteiger partial charge on any atom is 0.312 e. The number of carbonyl (C=O) groups is 3. The molecule has 2 saturated heterocycles. The Morgan fingerprint density at radius 1 is 0.885 bits per heavy atom. The molecule has 78 heavy (non-hydrogen) atoms. The number of aliphatic hydroxyl groups excluding tert-OH is 2. The third-order valence-corrected chi connectivity index (χ3v) is 17.8. The van der Waals surface area contributed by atoms with E-state index >= 15 is 4.39 Å². The molecular weight excluding hydrogens is 1000 g/mol. The number of anilines is 2. The van der Waals surface area contributed by atoms with Crippen molar-refractivity contribution in [3.63, 3.8) is 0 Å². The van der Waals surface area contributed by atoms with E-state index < -0.39 is 94.6 Å². The Kier molecular flexibility index (Phi) is 15.4. The molecule has 2 aromatic heterocycles. The number of likely N-dealkylation sites (tertiary alicyclic amines) is 1. The predicted octanol–water partition coefficient (Wildman–Crippen LogP) is 8.49. The number of allylic oxidation sites excluding steroid dienone is 2. The summed E-state index contributed by atoms with van der Waals surface area (Å²) in [4.78, 5) is 59.0. The average molecular weight is 1080 g/mol. The number of ether oxygens (including phenoxy) is 4. The molecule has 0 unspecified atom stereocenters. The number of aromatic hydroxyl groups is 3. The van der Waals surface area contributed by atoms with Crippen LogP contribution in [-0.4, -0.2) is 116 Å². The SMILES string of the molecule is CO[C@H]1/C=C/O[C@@]2(C)Oc3c(C)c(O)c4c(O)c(c(CN5CCC6(CC5)CCN(c5c(F)cn7c(=O)c(C)cc(C8CC8)c7c5C)C6)c(O)c4c3C2=O)NC(=O)/C(C)=C\C=C\[C@H](C)[C@H](O)[C@@H](C)[C@@H](O)[C@@H](C)[C@H](OC(C)=O)[C@@H]1C. The van der Waals surface area contributed by atoms with E-state index in [1.165, 1.54) is 56.9 Å². The molecule has 1 spiro atoms. The summed E-state index contributed by atoms with van der Waals surface area (Å²) in [5, 5.41) is 62.4. The molecule has 6 N–H and O–H groups in total. The Bertz CT molecular complexity index is 3240. The molecular formula is C60H75FN4O13. The third kappa shape index (κ3) is 9.91. The minimum absolute atomic E-state index is 0.0120. The van der Waals surface area contributed by atoms with Crippen molar-refractivity contribution < 1.29 is 63.3 Å². The number of nitrogens with zero attached hydrogens (tertiary/aromatic N) is 3. The number of esters is 1. The first kappa shape index (κ1) is 56.3. The summed E-state index contributed by atoms with van der Waals surface area (Å²) < 4.78 is 41.7. The second-order valence-electron chi connectivity index (χ2n) is 23.2. The van der Waals surface area contributed by atoms with Gasteiger partial charge in [0.2, 0.25) is 0 Å². The highest BCUT2D eigenvalue weighted by Crippen LogP contribution is 2.56. The number of hydrogen-bond donors (Lipinski definition) is 6. The maximum atomic E-state index is 16.3. The number of nitrogens with one attached hydrogen (secondary N) is 1. The molecule has 1 amide bonds. The topological polar surface area (TPSA) is 229 Å². The summed E-state index contributed by atoms with van der Waals surface area (Å²) >= 11 is 0. The van der Waals surface area contributed by atoms with Gasteiger partial charge in [0.05, 0.1) is 58.6 Å². The number of phenolic OH excluding ortho intramolecular Hbond substituents is 3. The lowest BCUT2D eigenvalue weighted by atomic mass is 9.77. The van der Waals surface area contributed by atoms with Crippen molar-refractivity contribution in [2.24, 2.45) is 29.1 Å². The van der Waals surface area contributed by atoms with E-state index in [0.29, 0.717) is 56.2 Å². The second-order valence-corrected chi connectivity index (χ2v) is 23.2. The molecule has 1 saturated carbocycles. The molecule has 17 nitrogen and oxygen atoms in total. The minimum atomic E-state index is -2.08. The summed E-state index contributed by atoms with van der Waals surface area (Å²) in [5.74, 6) is -8.44. The van der Waals surface area contributed by atoms with E-state index in [2.05, 4.69) is 15.1 Å². The fourth-order valence-corrected chi connectivity index (χ4v) is 12.8. The Balaban J connectivity index is 1.07. The number of Topliss-reactive ketones (excluding diaryl/α,β-unsaturated/α-hetero) is 1. The molecule has 420 valence electrons. The summed E-state index contributed by atoms with van der Waals surface area (Å²) in [7, 11) is 1.44. The van der Waals surface area contributed by atoms with Gasteiger partial charge in [0.1, 0.15) is 23.4 Å². The summed E-state index contributed by atoms with van der Waals surface area (Å²) in [6.45, 7) is 18.5. The van der Waals surface area contributed by atoms with Crippen molar-refractivity contribution in [1.29, 1.82) is 0 Å². The third-order valence-electron chi connectivity index (χ3n) is 17.8. The number of benzene rings is 2. The fraction of sp³-hybridized carbons (Fsp3) is 0.533. The molecule has 9 atom stereocenters. The van der Waals surface area contributed by atoms with Crippen LogP contribution in [0.1, 0.15) is 125 Å². The number of aryl methyl sites for hydroxylation is 2. The average Bonchev–Trinajstić information content (AvgIpc) is 4.15. The first-order chi connectivity index (χ1) is 36.8. The molecule has 5 bridgehead atoms. The van der Waals surface area contributed by atoms with Crippen LogP contribution in [0.25, 0.3) is 16.3 Å². The van der Waals surface area contributed by atoms with Gasteiger partial charge in [0.25, 0.3) is 17.2 Å². The van der Waals surface area contributed by atoms with Crippen LogP contribution < -0.4 is 20.5 Å². The van der Waals surface area contributed by atoms with E-state index in [1.807, 2.05) is 13.0 Å². The Labute approximate surface area is 453 Å². The molecule has 3 fully saturated rings. The van der Waals surface area contributed by atoms with Crippen molar-refractivity contribution in [2.75, 3.05) is 43.5 Å². The van der Waals surface area contributed by atoms with Crippen molar-refractivity contribution in [3.05, 3.63) is 98.0 Å². The van der Waals surface area contributed by atoms with Crippen LogP contribution in [0.3, 0.4) is 0 Å². The van der Waals surface area contributed by atoms with Crippen molar-refractivity contribution in [2.45, 2.75) is 144 Å². The summed E-state index contributed by atoms with van der Waals surface area (Å²) in [5.41, 5.74) is 3.26. The number of fused-ring (bicyclic) bond motifs is 15. The zero-order chi connectivity index (χ0) is 56.6. The molecule has 7 heterocycles. The zero-order valence-corrected chi connectivity index (χ0v) is 46.5. The monoisotopic (exact) mass is 1080 g/mol. The predicted molar refractivity (Wildman–Crippen MR) is 293 cm³/mol. The number of carbonyl (C=O) groups excluding carboxylic acids is 3. The standard InChI is InChI=1S/C60H75FN4O13/c1-29-13-12-14-30(2)57(73)62-46-40(26-63-21-18-60(19-22-63)20-23-64(28-60)48-33(5)47-39(38-15-16-38)25-31(3)58(74)65(47)27-41(48)61)52(70)43-44(53(46)71)51(69)36(8)55-45(43)56(72)59(10,78-55)76-24-17-42(75-11)32(4)54(77-37(9)66)35(7)50(68)34(6)49(29)67/h12-14,17,24-25,27,29,32,34-35,38,42,49-50,54,67-71H,15-16,18-23,26,28H2,1-11H3,(H,62,73)/b13-12+,24-17+,30-14-/t29-,32+,34+,35+,42-,49-,50+,54+,59-/m0/s1. The van der Waals surface area contributed by atoms with E-state index in [9.17, 15) is 44.7 Å². The van der Waals surface area contributed by atoms with Crippen molar-refractivity contribution in [1.82, 2.24) is 9.30 Å². The maximum absolute atomic E-state index is 16.3. The van der Waals surface area contributed by atoms with Gasteiger partial charge in [0, 0.05) is 91.9 Å². The van der Waals surface area contributed by atoms with E-state index in [0.717, 1.165) is 35.9 Å². The molecule has 4 aromatic rings. The summed E-state index contributed by atoms with van der Waals surface area (Å²) in [6.07, 6.45) is 9.14. The normalized spacial score (nSPS) is 29.6. The lowest BCUT2D eigenvalue weighted by molar-refractivity contribution is -0.160. The first-order valence-corrected chi connectivity index (χ1v) is 27.2. The highest BCUT2D eigenvalue weighted by Gasteiger charge is 2.50. The van der Waals surface area contributed by atoms with Gasteiger partial charge >= 0.3 is 11.8 Å². The molecule has 2 aromatic carbocycles. The Morgan fingerprint density at radius 2 is 1.56 bits per heavy atom. The largest absolute Gasteiger partial charge is 0.507 e. The van der Waals surface area contributed by atoms with Crippen LogP contribution in [0.5, 0.6) is 23.0 Å². The molecule has 1 aliphatic carbocycles. The number of piperidine rings is 1. The Morgan fingerprint density at radius 3 is 2.22 bits per heavy atom. The number of phenols is 3. The minimum Gasteiger partial charge on any atom is -0.507 e. The molecule has 0 radical (unpaired) electrons. The number of aliphatic hydroxyl groups is 2. The van der Waals surface area contributed by atoms with Crippen LogP contribution in [0.15, 0.2) is 53.2 Å². The van der Waals surface area contributed by atoms with Gasteiger partial charge in [-0.15, -0.1) is 0 Å². The number of rotatable bonds is 6. The van der Waals surface area contributed by atoms with E-state index in [4.69, 9.17) is 18.9 Å². The molecule has 10 rings (SSSR count). The van der Waals surface area contributed by atoms with E-state index in [1.54, 1.807) is 53.7 Å². The van der Waals surface area contributed by atoms with Crippen LogP contribution in [0, 0.1) is 55.7 Å². The van der Waals surface area contributed by atoms with Gasteiger partial charge in [-0.1, -0.05) is 45.9 Å². The molecule has 6 aliphatic rings. The number of amides is 1. The number of hydrogen-bond acceptors (Lipinski definition) is 15. The van der Waals surface area contributed by atoms with Crippen LogP contribution in [-0.2, 0) is 30.3 Å². The van der Waals surface area contributed by atoms with Gasteiger partial charge in [-0.05, 0) is 107 Å². The van der Waals surface area contributed by atoms with Crippen molar-refractivity contribution >= 4 is 45.3 Å². The first-order valence-electron chi connectivity index (χ1n) is 27.2. The lowest BCUT2D eigenvalue weighted by Crippen LogP contribution is -2.46. The van der Waals surface area contributed by atoms with Gasteiger partial charge in [0.15, 0.2) is 11.6 Å². The smallest absolute Gasteiger partial charge is 0.312 e. The molecule has 18 heteroatoms. The van der Waals surface area contributed by atoms with Crippen molar-refractivity contribution in [3.8, 4) is 23.0 Å². The highest BCUT2D eigenvalue weighted by atomic mass is 19.1. The van der Waals surface area contributed by atoms with Gasteiger partial charge < -0.3 is 54.7 Å². The highest BCUT2D eigenvalue weighted by molar-refractivity contribution is 6.22. The second kappa shape index (κ2) is 21.3. The number of pyridine rings is 2. The number of ketones is 1. The molecule has 5 aliphatic heterocycles. The van der Waals surface area contributed by atoms with Gasteiger partial charge in [-0.25, -0.2) is 4.39 Å². The van der Waals surface area contributed by atoms with E-state index in [-0.39, 0.29) is 62.0 Å². The van der Waals surface area contributed by atoms with Crippen LogP contribution in [0.2, 0.25) is 0 Å². The van der Waals surface area contributed by atoms with Crippen LogP contribution >= 0.6 is 0 Å². The Hall–Kier alpha value is -6.47. The van der Waals surface area contributed by atoms with Crippen LogP contribution in [0.4, 0.5) is 15.8 Å². The quantitative estimate of drug-likeness (QED) is 0.0604. The summed E-state index contributed by atoms with van der Waals surface area (Å²) in [6, 6.07) is 1.97. The number of methoxy groups -OCH3 is 1. The number of halogens is 1. The fourth-order valence-electron chi connectivity index (χ4n) is 12.8.